The molecule has 2 N–H and O–H groups in total. The van der Waals surface area contributed by atoms with Crippen molar-refractivity contribution in [1.29, 1.82) is 0 Å². The molecule has 0 aliphatic carbocycles. The van der Waals surface area contributed by atoms with E-state index in [4.69, 9.17) is 19.1 Å². The van der Waals surface area contributed by atoms with Crippen molar-refractivity contribution in [3.8, 4) is 0 Å². The Morgan fingerprint density at radius 1 is 0.604 bits per heavy atom. The number of phosphoric acid groups is 1. The topological polar surface area (TPSA) is 152 Å². The molecule has 0 heterocycles. The second kappa shape index (κ2) is 41.3. The fourth-order valence-electron chi connectivity index (χ4n) is 5.87. The molecule has 308 valence electrons. The molecular formula is C41H78NaO10P. The van der Waals surface area contributed by atoms with Gasteiger partial charge in [-0.15, -0.1) is 0 Å². The molecule has 0 aliphatic rings. The number of allylic oxidation sites excluding steroid dienone is 2. The van der Waals surface area contributed by atoms with Crippen molar-refractivity contribution in [1.82, 2.24) is 0 Å². The number of rotatable bonds is 40. The van der Waals surface area contributed by atoms with Gasteiger partial charge in [-0.2, -0.15) is 0 Å². The van der Waals surface area contributed by atoms with Crippen LogP contribution < -0.4 is 34.5 Å². The fraction of sp³-hybridized carbons (Fsp3) is 0.902. The molecule has 0 fully saturated rings. The average Bonchev–Trinajstić information content (AvgIpc) is 3.12. The van der Waals surface area contributed by atoms with E-state index in [-0.39, 0.29) is 62.0 Å². The number of hydrogen-bond acceptors (Lipinski definition) is 10. The summed E-state index contributed by atoms with van der Waals surface area (Å²) in [6.45, 7) is 2.66. The van der Waals surface area contributed by atoms with E-state index in [1.807, 2.05) is 0 Å². The van der Waals surface area contributed by atoms with Gasteiger partial charge in [0.2, 0.25) is 0 Å². The van der Waals surface area contributed by atoms with Crippen LogP contribution >= 0.6 is 7.82 Å². The number of hydrogen-bond donors (Lipinski definition) is 2. The van der Waals surface area contributed by atoms with Crippen molar-refractivity contribution < 1.29 is 77.3 Å². The van der Waals surface area contributed by atoms with Crippen molar-refractivity contribution in [2.75, 3.05) is 26.4 Å². The van der Waals surface area contributed by atoms with E-state index in [1.54, 1.807) is 0 Å². The second-order valence-electron chi connectivity index (χ2n) is 14.3. The molecular weight excluding hydrogens is 706 g/mol. The van der Waals surface area contributed by atoms with Crippen LogP contribution in [0.3, 0.4) is 0 Å². The molecule has 10 nitrogen and oxygen atoms in total. The number of unbranched alkanes of at least 4 members (excludes halogenated alkanes) is 23. The van der Waals surface area contributed by atoms with Gasteiger partial charge in [0, 0.05) is 19.4 Å². The third kappa shape index (κ3) is 41.2. The summed E-state index contributed by atoms with van der Waals surface area (Å²) in [5, 5.41) is 18.5. The molecule has 0 aromatic rings. The Kier molecular flexibility index (Phi) is 42.8. The zero-order valence-corrected chi connectivity index (χ0v) is 37.1. The summed E-state index contributed by atoms with van der Waals surface area (Å²) in [5.41, 5.74) is 0. The molecule has 0 aromatic carbocycles. The minimum atomic E-state index is -4.84. The summed E-state index contributed by atoms with van der Waals surface area (Å²) in [6.07, 6.45) is 33.1. The molecule has 0 saturated heterocycles. The Bertz CT molecular complexity index is 891. The Morgan fingerprint density at radius 2 is 1.00 bits per heavy atom. The molecule has 0 aromatic heterocycles. The number of esters is 2. The van der Waals surface area contributed by atoms with E-state index in [2.05, 4.69) is 30.5 Å². The number of phosphoric ester groups is 1. The number of carbonyl (C=O) groups is 2. The van der Waals surface area contributed by atoms with Crippen LogP contribution in [0.4, 0.5) is 0 Å². The van der Waals surface area contributed by atoms with Crippen molar-refractivity contribution in [2.24, 2.45) is 0 Å². The van der Waals surface area contributed by atoms with E-state index in [0.717, 1.165) is 57.8 Å². The van der Waals surface area contributed by atoms with E-state index in [9.17, 15) is 24.2 Å². The van der Waals surface area contributed by atoms with Crippen molar-refractivity contribution in [2.45, 2.75) is 212 Å². The third-order valence-corrected chi connectivity index (χ3v) is 10.1. The maximum Gasteiger partial charge on any atom is 1.00 e. The Labute approximate surface area is 346 Å². The number of aliphatic hydroxyl groups excluding tert-OH is 2. The molecule has 0 aliphatic heterocycles. The van der Waals surface area contributed by atoms with Crippen LogP contribution in [0, 0.1) is 0 Å². The zero-order valence-electron chi connectivity index (χ0n) is 34.3. The molecule has 0 rings (SSSR count). The van der Waals surface area contributed by atoms with Gasteiger partial charge in [-0.1, -0.05) is 154 Å². The average molecular weight is 785 g/mol. The van der Waals surface area contributed by atoms with Gasteiger partial charge in [-0.3, -0.25) is 14.2 Å². The van der Waals surface area contributed by atoms with E-state index >= 15 is 0 Å². The predicted molar refractivity (Wildman–Crippen MR) is 208 cm³/mol. The van der Waals surface area contributed by atoms with Crippen molar-refractivity contribution >= 4 is 19.8 Å². The first-order valence-corrected chi connectivity index (χ1v) is 22.6. The minimum Gasteiger partial charge on any atom is -0.756 e. The molecule has 0 radical (unpaired) electrons. The quantitative estimate of drug-likeness (QED) is 0.0215. The van der Waals surface area contributed by atoms with Gasteiger partial charge in [0.05, 0.1) is 19.3 Å². The zero-order chi connectivity index (χ0) is 38.4. The van der Waals surface area contributed by atoms with Gasteiger partial charge in [0.15, 0.2) is 6.10 Å². The van der Waals surface area contributed by atoms with Crippen LogP contribution in [0.2, 0.25) is 0 Å². The van der Waals surface area contributed by atoms with Gasteiger partial charge < -0.3 is 33.6 Å². The summed E-state index contributed by atoms with van der Waals surface area (Å²) in [5.74, 6) is -0.950. The monoisotopic (exact) mass is 785 g/mol. The standard InChI is InChI=1S/C41H79O10P.Na/c1-3-5-7-9-11-13-15-17-18-20-22-24-26-28-30-32-41(45)51-39(37-50-52(46,47)49-35-38(43)33-34-42)36-48-40(44)31-29-27-25-23-21-19-16-14-12-10-8-6-4-2;/h17-18,38-39,42-43H,3-16,19-37H2,1-2H3,(H,46,47);/q;+1/p-1/b18-17+;. The Hall–Kier alpha value is -0.290. The molecule has 0 bridgehead atoms. The second-order valence-corrected chi connectivity index (χ2v) is 15.7. The Balaban J connectivity index is 0. The molecule has 0 saturated carbocycles. The van der Waals surface area contributed by atoms with E-state index < -0.39 is 45.2 Å². The summed E-state index contributed by atoms with van der Waals surface area (Å²) < 4.78 is 32.6. The Morgan fingerprint density at radius 3 is 1.45 bits per heavy atom. The molecule has 3 unspecified atom stereocenters. The summed E-state index contributed by atoms with van der Waals surface area (Å²) in [6, 6.07) is 0. The number of aliphatic hydroxyl groups is 2. The number of carbonyl (C=O) groups excluding carboxylic acids is 2. The summed E-state index contributed by atoms with van der Waals surface area (Å²) in [4.78, 5) is 37.2. The van der Waals surface area contributed by atoms with Crippen LogP contribution in [-0.4, -0.2) is 60.8 Å². The van der Waals surface area contributed by atoms with Gasteiger partial charge in [-0.25, -0.2) is 0 Å². The maximum atomic E-state index is 12.6. The van der Waals surface area contributed by atoms with Crippen LogP contribution in [0.1, 0.15) is 200 Å². The molecule has 12 heteroatoms. The normalized spacial score (nSPS) is 13.8. The van der Waals surface area contributed by atoms with E-state index in [0.29, 0.717) is 12.8 Å². The minimum absolute atomic E-state index is 0. The molecule has 0 amide bonds. The van der Waals surface area contributed by atoms with E-state index in [1.165, 1.54) is 96.3 Å². The van der Waals surface area contributed by atoms with Crippen LogP contribution in [0.5, 0.6) is 0 Å². The van der Waals surface area contributed by atoms with Gasteiger partial charge >= 0.3 is 41.5 Å². The first-order chi connectivity index (χ1) is 25.2. The maximum absolute atomic E-state index is 12.6. The first kappa shape index (κ1) is 54.8. The van der Waals surface area contributed by atoms with Crippen molar-refractivity contribution in [3.05, 3.63) is 12.2 Å². The van der Waals surface area contributed by atoms with Crippen molar-refractivity contribution in [3.63, 3.8) is 0 Å². The summed E-state index contributed by atoms with van der Waals surface area (Å²) in [7, 11) is -4.84. The van der Waals surface area contributed by atoms with Crippen LogP contribution in [-0.2, 0) is 32.7 Å². The molecule has 3 atom stereocenters. The third-order valence-electron chi connectivity index (χ3n) is 9.16. The molecule has 53 heavy (non-hydrogen) atoms. The SMILES string of the molecule is CCCCCCCC/C=C/CCCCCCCC(=O)OC(COC(=O)CCCCCCCCCCCCCCC)COP(=O)([O-])OCC(O)CCO.[Na+]. The largest absolute Gasteiger partial charge is 1.00 e. The smallest absolute Gasteiger partial charge is 0.756 e. The predicted octanol–water partition coefficient (Wildman–Crippen LogP) is 7.21. The van der Waals surface area contributed by atoms with Gasteiger partial charge in [-0.05, 0) is 44.9 Å². The first-order valence-electron chi connectivity index (χ1n) is 21.1. The fourth-order valence-corrected chi connectivity index (χ4v) is 6.65. The number of ether oxygens (including phenoxy) is 2. The summed E-state index contributed by atoms with van der Waals surface area (Å²) >= 11 is 0. The van der Waals surface area contributed by atoms with Gasteiger partial charge in [0.1, 0.15) is 6.61 Å². The molecule has 0 spiro atoms. The van der Waals surface area contributed by atoms with Gasteiger partial charge in [0.25, 0.3) is 7.82 Å². The van der Waals surface area contributed by atoms with Crippen LogP contribution in [0.25, 0.3) is 0 Å². The van der Waals surface area contributed by atoms with Crippen LogP contribution in [0.15, 0.2) is 12.2 Å².